The third-order valence-electron chi connectivity index (χ3n) is 4.46. The maximum absolute atomic E-state index is 12.3. The molecule has 9 nitrogen and oxygen atoms in total. The molecule has 28 heavy (non-hydrogen) atoms. The van der Waals surface area contributed by atoms with Crippen molar-refractivity contribution in [1.29, 1.82) is 0 Å². The van der Waals surface area contributed by atoms with Gasteiger partial charge in [0.05, 0.1) is 18.7 Å². The van der Waals surface area contributed by atoms with Crippen LogP contribution in [0.2, 0.25) is 0 Å². The summed E-state index contributed by atoms with van der Waals surface area (Å²) in [6.07, 6.45) is 2.79. The van der Waals surface area contributed by atoms with E-state index in [0.717, 1.165) is 0 Å². The van der Waals surface area contributed by atoms with Gasteiger partial charge < -0.3 is 30.4 Å². The number of benzene rings is 1. The number of carbonyl (C=O) groups excluding carboxylic acids is 2. The van der Waals surface area contributed by atoms with Crippen LogP contribution in [0.1, 0.15) is 18.6 Å². The molecular formula is C19H22N4O5. The van der Waals surface area contributed by atoms with Gasteiger partial charge in [0, 0.05) is 24.5 Å². The summed E-state index contributed by atoms with van der Waals surface area (Å²) in [4.78, 5) is 36.8. The Labute approximate surface area is 161 Å². The first-order valence-electron chi connectivity index (χ1n) is 8.97. The standard InChI is InChI=1S/C19H22N4O5/c24-17(25)13-3-1-9-23(12-13)19(27)22-15-7-5-14(6-8-15)21-18(26)20-11-16-4-2-10-28-16/h2,4-8,10,13H,1,3,9,11-12H2,(H,22,27)(H,24,25)(H2,20,21,26). The van der Waals surface area contributed by atoms with E-state index in [2.05, 4.69) is 16.0 Å². The molecule has 0 aliphatic carbocycles. The van der Waals surface area contributed by atoms with Crippen molar-refractivity contribution in [3.63, 3.8) is 0 Å². The molecule has 9 heteroatoms. The molecule has 1 fully saturated rings. The first-order valence-corrected chi connectivity index (χ1v) is 8.97. The largest absolute Gasteiger partial charge is 0.481 e. The van der Waals surface area contributed by atoms with Crippen molar-refractivity contribution in [2.75, 3.05) is 23.7 Å². The molecule has 2 heterocycles. The second kappa shape index (κ2) is 8.94. The third kappa shape index (κ3) is 5.26. The lowest BCUT2D eigenvalue weighted by molar-refractivity contribution is -0.143. The Balaban J connectivity index is 1.47. The number of furan rings is 1. The lowest BCUT2D eigenvalue weighted by Crippen LogP contribution is -2.44. The second-order valence-electron chi connectivity index (χ2n) is 6.52. The SMILES string of the molecule is O=C(NCc1ccco1)Nc1ccc(NC(=O)N2CCCC(C(=O)O)C2)cc1. The van der Waals surface area contributed by atoms with Crippen molar-refractivity contribution in [2.45, 2.75) is 19.4 Å². The molecule has 4 N–H and O–H groups in total. The number of piperidine rings is 1. The molecule has 1 aromatic carbocycles. The Morgan fingerprint density at radius 3 is 2.46 bits per heavy atom. The topological polar surface area (TPSA) is 124 Å². The molecule has 0 saturated carbocycles. The number of carboxylic acid groups (broad SMARTS) is 1. The van der Waals surface area contributed by atoms with Gasteiger partial charge in [0.15, 0.2) is 0 Å². The molecule has 0 radical (unpaired) electrons. The van der Waals surface area contributed by atoms with Crippen LogP contribution in [0.15, 0.2) is 47.1 Å². The van der Waals surface area contributed by atoms with Gasteiger partial charge in [-0.15, -0.1) is 0 Å². The van der Waals surface area contributed by atoms with E-state index in [4.69, 9.17) is 9.52 Å². The minimum Gasteiger partial charge on any atom is -0.481 e. The first kappa shape index (κ1) is 19.3. The molecule has 148 valence electrons. The maximum atomic E-state index is 12.3. The van der Waals surface area contributed by atoms with E-state index in [1.54, 1.807) is 36.4 Å². The summed E-state index contributed by atoms with van der Waals surface area (Å²) in [5.74, 6) is -0.750. The van der Waals surface area contributed by atoms with Crippen LogP contribution >= 0.6 is 0 Å². The summed E-state index contributed by atoms with van der Waals surface area (Å²) in [6.45, 7) is 1.02. The lowest BCUT2D eigenvalue weighted by atomic mass is 9.99. The van der Waals surface area contributed by atoms with E-state index in [9.17, 15) is 14.4 Å². The quantitative estimate of drug-likeness (QED) is 0.629. The Morgan fingerprint density at radius 1 is 1.11 bits per heavy atom. The second-order valence-corrected chi connectivity index (χ2v) is 6.52. The molecule has 4 amide bonds. The molecule has 0 spiro atoms. The van der Waals surface area contributed by atoms with Crippen molar-refractivity contribution in [3.8, 4) is 0 Å². The number of hydrogen-bond acceptors (Lipinski definition) is 4. The molecule has 1 aliphatic rings. The molecule has 1 saturated heterocycles. The number of aliphatic carboxylic acids is 1. The lowest BCUT2D eigenvalue weighted by Gasteiger charge is -2.30. The maximum Gasteiger partial charge on any atom is 0.321 e. The average molecular weight is 386 g/mol. The molecular weight excluding hydrogens is 364 g/mol. The predicted octanol–water partition coefficient (Wildman–Crippen LogP) is 2.93. The fourth-order valence-electron chi connectivity index (χ4n) is 2.96. The highest BCUT2D eigenvalue weighted by Gasteiger charge is 2.28. The summed E-state index contributed by atoms with van der Waals surface area (Å²) in [5, 5.41) is 17.2. The molecule has 1 unspecified atom stereocenters. The van der Waals surface area contributed by atoms with Gasteiger partial charge >= 0.3 is 18.0 Å². The highest BCUT2D eigenvalue weighted by Crippen LogP contribution is 2.19. The van der Waals surface area contributed by atoms with Crippen LogP contribution < -0.4 is 16.0 Å². The first-order chi connectivity index (χ1) is 13.5. The highest BCUT2D eigenvalue weighted by molar-refractivity contribution is 5.91. The normalized spacial score (nSPS) is 16.3. The summed E-state index contributed by atoms with van der Waals surface area (Å²) in [7, 11) is 0. The Hall–Kier alpha value is -3.49. The van der Waals surface area contributed by atoms with Gasteiger partial charge in [0.25, 0.3) is 0 Å². The van der Waals surface area contributed by atoms with Crippen LogP contribution in [0.25, 0.3) is 0 Å². The average Bonchev–Trinajstić information content (AvgIpc) is 3.21. The van der Waals surface area contributed by atoms with Gasteiger partial charge in [-0.3, -0.25) is 4.79 Å². The number of amides is 4. The van der Waals surface area contributed by atoms with E-state index in [-0.39, 0.29) is 25.2 Å². The summed E-state index contributed by atoms with van der Waals surface area (Å²) < 4.78 is 5.14. The monoisotopic (exact) mass is 386 g/mol. The van der Waals surface area contributed by atoms with Gasteiger partial charge in [-0.25, -0.2) is 9.59 Å². The molecule has 2 aromatic rings. The van der Waals surface area contributed by atoms with Crippen LogP contribution in [0.4, 0.5) is 21.0 Å². The number of carbonyl (C=O) groups is 3. The molecule has 3 rings (SSSR count). The Bertz CT molecular complexity index is 819. The van der Waals surface area contributed by atoms with Crippen LogP contribution in [0, 0.1) is 5.92 Å². The summed E-state index contributed by atoms with van der Waals surface area (Å²) in [5.41, 5.74) is 1.13. The van der Waals surface area contributed by atoms with Crippen LogP contribution in [0.5, 0.6) is 0 Å². The zero-order valence-electron chi connectivity index (χ0n) is 15.2. The van der Waals surface area contributed by atoms with E-state index < -0.39 is 11.9 Å². The van der Waals surface area contributed by atoms with Crippen molar-refractivity contribution < 1.29 is 23.9 Å². The number of anilines is 2. The van der Waals surface area contributed by atoms with Gasteiger partial charge in [-0.2, -0.15) is 0 Å². The van der Waals surface area contributed by atoms with E-state index in [1.807, 2.05) is 0 Å². The molecule has 0 bridgehead atoms. The Morgan fingerprint density at radius 2 is 1.82 bits per heavy atom. The van der Waals surface area contributed by atoms with Crippen molar-refractivity contribution in [3.05, 3.63) is 48.4 Å². The van der Waals surface area contributed by atoms with Crippen molar-refractivity contribution >= 4 is 29.4 Å². The molecule has 1 aromatic heterocycles. The van der Waals surface area contributed by atoms with Crippen LogP contribution in [0.3, 0.4) is 0 Å². The smallest absolute Gasteiger partial charge is 0.321 e. The number of urea groups is 2. The number of likely N-dealkylation sites (tertiary alicyclic amines) is 1. The zero-order valence-corrected chi connectivity index (χ0v) is 15.2. The van der Waals surface area contributed by atoms with Crippen molar-refractivity contribution in [1.82, 2.24) is 10.2 Å². The van der Waals surface area contributed by atoms with Crippen molar-refractivity contribution in [2.24, 2.45) is 5.92 Å². The number of nitrogens with one attached hydrogen (secondary N) is 3. The van der Waals surface area contributed by atoms with E-state index >= 15 is 0 Å². The molecule has 1 aliphatic heterocycles. The predicted molar refractivity (Wildman–Crippen MR) is 102 cm³/mol. The highest BCUT2D eigenvalue weighted by atomic mass is 16.4. The van der Waals surface area contributed by atoms with E-state index in [0.29, 0.717) is 36.5 Å². The van der Waals surface area contributed by atoms with Crippen LogP contribution in [-0.4, -0.2) is 41.1 Å². The van der Waals surface area contributed by atoms with Gasteiger partial charge in [0.2, 0.25) is 0 Å². The fourth-order valence-corrected chi connectivity index (χ4v) is 2.96. The minimum absolute atomic E-state index is 0.205. The fraction of sp³-hybridized carbons (Fsp3) is 0.316. The third-order valence-corrected chi connectivity index (χ3v) is 4.46. The summed E-state index contributed by atoms with van der Waals surface area (Å²) in [6, 6.07) is 9.46. The Kier molecular flexibility index (Phi) is 6.15. The summed E-state index contributed by atoms with van der Waals surface area (Å²) >= 11 is 0. The van der Waals surface area contributed by atoms with Gasteiger partial charge in [-0.1, -0.05) is 0 Å². The van der Waals surface area contributed by atoms with Crippen LogP contribution in [-0.2, 0) is 11.3 Å². The number of hydrogen-bond donors (Lipinski definition) is 4. The molecule has 1 atom stereocenters. The van der Waals surface area contributed by atoms with E-state index in [1.165, 1.54) is 11.2 Å². The van der Waals surface area contributed by atoms with Gasteiger partial charge in [-0.05, 0) is 49.2 Å². The number of nitrogens with zero attached hydrogens (tertiary/aromatic N) is 1. The van der Waals surface area contributed by atoms with Gasteiger partial charge in [0.1, 0.15) is 5.76 Å². The number of carboxylic acids is 1. The minimum atomic E-state index is -0.877. The number of rotatable bonds is 5. The zero-order chi connectivity index (χ0) is 19.9.